The van der Waals surface area contributed by atoms with Gasteiger partial charge in [-0.25, -0.2) is 0 Å². The van der Waals surface area contributed by atoms with E-state index in [1.54, 1.807) is 7.11 Å². The molecule has 1 amide bonds. The third-order valence-corrected chi connectivity index (χ3v) is 4.67. The van der Waals surface area contributed by atoms with E-state index in [1.165, 1.54) is 44.9 Å². The maximum Gasteiger partial charge on any atom is 0.249 e. The fourth-order valence-corrected chi connectivity index (χ4v) is 3.27. The van der Waals surface area contributed by atoms with E-state index in [1.807, 2.05) is 0 Å². The predicted octanol–water partition coefficient (Wildman–Crippen LogP) is 2.61. The number of carbonyl (C=O) groups is 1. The second-order valence-corrected chi connectivity index (χ2v) is 6.16. The molecule has 2 saturated carbocycles. The first-order chi connectivity index (χ1) is 9.76. The molecule has 0 N–H and O–H groups in total. The van der Waals surface area contributed by atoms with E-state index < -0.39 is 0 Å². The lowest BCUT2D eigenvalue weighted by Crippen LogP contribution is -2.45. The first kappa shape index (κ1) is 15.8. The van der Waals surface area contributed by atoms with Crippen molar-refractivity contribution in [3.05, 3.63) is 0 Å². The molecular formula is C16H29NO3. The summed E-state index contributed by atoms with van der Waals surface area (Å²) in [6, 6.07) is 0.959. The molecule has 4 heteroatoms. The zero-order chi connectivity index (χ0) is 14.4. The summed E-state index contributed by atoms with van der Waals surface area (Å²) in [5.41, 5.74) is 0. The molecule has 2 aliphatic rings. The standard InChI is InChI=1S/C16H29NO3/c1-3-13-4-6-14(7-5-13)17(15-8-9-15)16(18)12-20-11-10-19-2/h13-15H,3-12H2,1-2H3. The van der Waals surface area contributed by atoms with Gasteiger partial charge in [0.2, 0.25) is 5.91 Å². The van der Waals surface area contributed by atoms with Crippen molar-refractivity contribution in [3.8, 4) is 0 Å². The molecule has 4 nitrogen and oxygen atoms in total. The van der Waals surface area contributed by atoms with Crippen LogP contribution in [-0.4, -0.2) is 49.8 Å². The Bertz CT molecular complexity index is 296. The molecule has 0 aliphatic heterocycles. The van der Waals surface area contributed by atoms with E-state index in [0.717, 1.165) is 5.92 Å². The van der Waals surface area contributed by atoms with Crippen LogP contribution in [-0.2, 0) is 14.3 Å². The normalized spacial score (nSPS) is 26.5. The molecule has 0 aromatic rings. The first-order valence-electron chi connectivity index (χ1n) is 8.14. The summed E-state index contributed by atoms with van der Waals surface area (Å²) < 4.78 is 10.3. The highest BCUT2D eigenvalue weighted by Crippen LogP contribution is 2.36. The molecule has 0 heterocycles. The predicted molar refractivity (Wildman–Crippen MR) is 78.6 cm³/mol. The molecule has 2 fully saturated rings. The Kier molecular flexibility index (Phi) is 6.30. The number of rotatable bonds is 8. The summed E-state index contributed by atoms with van der Waals surface area (Å²) in [6.45, 7) is 3.55. The number of ether oxygens (including phenoxy) is 2. The van der Waals surface area contributed by atoms with Gasteiger partial charge in [-0.15, -0.1) is 0 Å². The molecule has 0 radical (unpaired) electrons. The van der Waals surface area contributed by atoms with Gasteiger partial charge in [0, 0.05) is 19.2 Å². The van der Waals surface area contributed by atoms with Crippen LogP contribution in [0.4, 0.5) is 0 Å². The Morgan fingerprint density at radius 1 is 1.05 bits per heavy atom. The Labute approximate surface area is 122 Å². The van der Waals surface area contributed by atoms with E-state index in [-0.39, 0.29) is 12.5 Å². The number of amides is 1. The van der Waals surface area contributed by atoms with Crippen LogP contribution in [0.1, 0.15) is 51.9 Å². The van der Waals surface area contributed by atoms with Gasteiger partial charge in [-0.05, 0) is 44.4 Å². The van der Waals surface area contributed by atoms with Gasteiger partial charge < -0.3 is 14.4 Å². The smallest absolute Gasteiger partial charge is 0.249 e. The van der Waals surface area contributed by atoms with E-state index in [9.17, 15) is 4.79 Å². The van der Waals surface area contributed by atoms with Crippen molar-refractivity contribution >= 4 is 5.91 Å². The summed E-state index contributed by atoms with van der Waals surface area (Å²) in [5, 5.41) is 0. The van der Waals surface area contributed by atoms with Gasteiger partial charge >= 0.3 is 0 Å². The van der Waals surface area contributed by atoms with Crippen LogP contribution in [0, 0.1) is 5.92 Å². The van der Waals surface area contributed by atoms with Gasteiger partial charge in [0.15, 0.2) is 0 Å². The van der Waals surface area contributed by atoms with Gasteiger partial charge in [-0.1, -0.05) is 13.3 Å². The van der Waals surface area contributed by atoms with Gasteiger partial charge in [0.05, 0.1) is 13.2 Å². The summed E-state index contributed by atoms with van der Waals surface area (Å²) in [6.07, 6.45) is 8.56. The van der Waals surface area contributed by atoms with Crippen LogP contribution < -0.4 is 0 Å². The molecule has 2 aliphatic carbocycles. The Balaban J connectivity index is 1.79. The number of nitrogens with zero attached hydrogens (tertiary/aromatic N) is 1. The first-order valence-corrected chi connectivity index (χ1v) is 8.14. The van der Waals surface area contributed by atoms with Crippen molar-refractivity contribution in [2.24, 2.45) is 5.92 Å². The van der Waals surface area contributed by atoms with Crippen LogP contribution >= 0.6 is 0 Å². The van der Waals surface area contributed by atoms with Crippen LogP contribution in [0.25, 0.3) is 0 Å². The van der Waals surface area contributed by atoms with Crippen molar-refractivity contribution < 1.29 is 14.3 Å². The third kappa shape index (κ3) is 4.45. The SMILES string of the molecule is CCC1CCC(N(C(=O)COCCOC)C2CC2)CC1. The van der Waals surface area contributed by atoms with E-state index in [2.05, 4.69) is 11.8 Å². The Morgan fingerprint density at radius 2 is 1.65 bits per heavy atom. The van der Waals surface area contributed by atoms with Crippen LogP contribution in [0.15, 0.2) is 0 Å². The molecule has 116 valence electrons. The quantitative estimate of drug-likeness (QED) is 0.643. The van der Waals surface area contributed by atoms with Crippen molar-refractivity contribution in [1.29, 1.82) is 0 Å². The Hall–Kier alpha value is -0.610. The maximum atomic E-state index is 12.4. The van der Waals surface area contributed by atoms with Crippen molar-refractivity contribution in [2.75, 3.05) is 26.9 Å². The molecule has 2 rings (SSSR count). The summed E-state index contributed by atoms with van der Waals surface area (Å²) in [4.78, 5) is 14.5. The molecule has 0 bridgehead atoms. The summed E-state index contributed by atoms with van der Waals surface area (Å²) in [7, 11) is 1.65. The number of methoxy groups -OCH3 is 1. The zero-order valence-electron chi connectivity index (χ0n) is 13.0. The highest BCUT2D eigenvalue weighted by Gasteiger charge is 2.38. The lowest BCUT2D eigenvalue weighted by atomic mass is 9.84. The third-order valence-electron chi connectivity index (χ3n) is 4.67. The minimum atomic E-state index is 0.184. The van der Waals surface area contributed by atoms with Crippen molar-refractivity contribution in [1.82, 2.24) is 4.90 Å². The highest BCUT2D eigenvalue weighted by molar-refractivity contribution is 5.78. The lowest BCUT2D eigenvalue weighted by molar-refractivity contribution is -0.140. The van der Waals surface area contributed by atoms with Crippen LogP contribution in [0.5, 0.6) is 0 Å². The number of carbonyl (C=O) groups excluding carboxylic acids is 1. The molecule has 0 atom stereocenters. The molecule has 0 aromatic heterocycles. The Morgan fingerprint density at radius 3 is 2.15 bits per heavy atom. The summed E-state index contributed by atoms with van der Waals surface area (Å²) in [5.74, 6) is 1.06. The van der Waals surface area contributed by atoms with Crippen molar-refractivity contribution in [2.45, 2.75) is 64.0 Å². The fraction of sp³-hybridized carbons (Fsp3) is 0.938. The molecule has 0 saturated heterocycles. The largest absolute Gasteiger partial charge is 0.382 e. The van der Waals surface area contributed by atoms with E-state index in [0.29, 0.717) is 25.3 Å². The van der Waals surface area contributed by atoms with Crippen LogP contribution in [0.2, 0.25) is 0 Å². The second-order valence-electron chi connectivity index (χ2n) is 6.16. The molecule has 20 heavy (non-hydrogen) atoms. The highest BCUT2D eigenvalue weighted by atomic mass is 16.5. The molecular weight excluding hydrogens is 254 g/mol. The summed E-state index contributed by atoms with van der Waals surface area (Å²) >= 11 is 0. The number of hydrogen-bond donors (Lipinski definition) is 0. The minimum Gasteiger partial charge on any atom is -0.382 e. The van der Waals surface area contributed by atoms with Gasteiger partial charge in [0.1, 0.15) is 6.61 Å². The maximum absolute atomic E-state index is 12.4. The fourth-order valence-electron chi connectivity index (χ4n) is 3.27. The average Bonchev–Trinajstić information content (AvgIpc) is 3.29. The molecule has 0 aromatic carbocycles. The molecule has 0 unspecified atom stereocenters. The minimum absolute atomic E-state index is 0.184. The molecule has 0 spiro atoms. The van der Waals surface area contributed by atoms with E-state index >= 15 is 0 Å². The van der Waals surface area contributed by atoms with Crippen molar-refractivity contribution in [3.63, 3.8) is 0 Å². The van der Waals surface area contributed by atoms with Gasteiger partial charge in [-0.2, -0.15) is 0 Å². The monoisotopic (exact) mass is 283 g/mol. The second kappa shape index (κ2) is 7.99. The van der Waals surface area contributed by atoms with Crippen LogP contribution in [0.3, 0.4) is 0 Å². The van der Waals surface area contributed by atoms with Gasteiger partial charge in [-0.3, -0.25) is 4.79 Å². The number of hydrogen-bond acceptors (Lipinski definition) is 3. The van der Waals surface area contributed by atoms with Gasteiger partial charge in [0.25, 0.3) is 0 Å². The topological polar surface area (TPSA) is 38.8 Å². The average molecular weight is 283 g/mol. The zero-order valence-corrected chi connectivity index (χ0v) is 13.0. The van der Waals surface area contributed by atoms with E-state index in [4.69, 9.17) is 9.47 Å². The lowest BCUT2D eigenvalue weighted by Gasteiger charge is -2.37.